The normalized spacial score (nSPS) is 33.0. The molecular formula is C27H45N3O7. The van der Waals surface area contributed by atoms with Gasteiger partial charge in [-0.2, -0.15) is 0 Å². The van der Waals surface area contributed by atoms with Crippen LogP contribution in [0.15, 0.2) is 24.3 Å². The van der Waals surface area contributed by atoms with E-state index < -0.39 is 23.8 Å². The van der Waals surface area contributed by atoms with E-state index in [1.54, 1.807) is 6.07 Å². The Morgan fingerprint density at radius 3 is 1.62 bits per heavy atom. The average Bonchev–Trinajstić information content (AvgIpc) is 3.01. The molecule has 4 rings (SSSR count). The zero-order valence-electron chi connectivity index (χ0n) is 22.7. The van der Waals surface area contributed by atoms with Gasteiger partial charge < -0.3 is 34.3 Å². The number of phenols is 1. The summed E-state index contributed by atoms with van der Waals surface area (Å²) in [6.07, 6.45) is -1.35. The zero-order chi connectivity index (χ0) is 26.6. The van der Waals surface area contributed by atoms with Gasteiger partial charge >= 0.3 is 0 Å². The Morgan fingerprint density at radius 2 is 1.14 bits per heavy atom. The van der Waals surface area contributed by atoms with E-state index in [9.17, 15) is 15.3 Å². The highest BCUT2D eigenvalue weighted by Gasteiger charge is 2.38. The summed E-state index contributed by atoms with van der Waals surface area (Å²) in [6.45, 7) is 13.6. The molecule has 0 aromatic heterocycles. The van der Waals surface area contributed by atoms with Gasteiger partial charge in [0.25, 0.3) is 0 Å². The number of para-hydroxylation sites is 1. The Labute approximate surface area is 220 Å². The second-order valence-electron chi connectivity index (χ2n) is 11.3. The number of rotatable bonds is 4. The van der Waals surface area contributed by atoms with Gasteiger partial charge in [0, 0.05) is 51.4 Å². The van der Waals surface area contributed by atoms with E-state index in [1.165, 1.54) is 0 Å². The van der Waals surface area contributed by atoms with Crippen molar-refractivity contribution in [3.8, 4) is 5.75 Å². The highest BCUT2D eigenvalue weighted by Crippen LogP contribution is 2.24. The Balaban J connectivity index is 1.54. The topological polar surface area (TPSA) is 107 Å². The van der Waals surface area contributed by atoms with Gasteiger partial charge in [-0.15, -0.1) is 0 Å². The molecule has 0 amide bonds. The maximum Gasteiger partial charge on any atom is 0.162 e. The first-order chi connectivity index (χ1) is 17.5. The van der Waals surface area contributed by atoms with Gasteiger partial charge in [0.15, 0.2) is 11.6 Å². The van der Waals surface area contributed by atoms with Gasteiger partial charge in [-0.25, -0.2) is 0 Å². The minimum atomic E-state index is -0.743. The van der Waals surface area contributed by atoms with Crippen LogP contribution in [0.5, 0.6) is 5.75 Å². The first-order valence-corrected chi connectivity index (χ1v) is 13.4. The zero-order valence-corrected chi connectivity index (χ0v) is 22.7. The van der Waals surface area contributed by atoms with E-state index in [2.05, 4.69) is 14.7 Å². The maximum absolute atomic E-state index is 11.0. The van der Waals surface area contributed by atoms with Crippen LogP contribution in [-0.2, 0) is 25.5 Å². The van der Waals surface area contributed by atoms with Crippen LogP contribution >= 0.6 is 0 Å². The molecular weight excluding hydrogens is 478 g/mol. The van der Waals surface area contributed by atoms with Crippen LogP contribution in [0, 0.1) is 0 Å². The van der Waals surface area contributed by atoms with E-state index in [0.717, 1.165) is 31.7 Å². The first-order valence-electron chi connectivity index (χ1n) is 13.4. The molecule has 3 aliphatic heterocycles. The molecule has 3 N–H and O–H groups in total. The number of ether oxygens (including phenoxy) is 4. The van der Waals surface area contributed by atoms with Crippen molar-refractivity contribution in [2.24, 2.45) is 0 Å². The van der Waals surface area contributed by atoms with Crippen LogP contribution in [0.2, 0.25) is 0 Å². The quantitative estimate of drug-likeness (QED) is 0.526. The van der Waals surface area contributed by atoms with E-state index in [1.807, 2.05) is 45.9 Å². The summed E-state index contributed by atoms with van der Waals surface area (Å²) >= 11 is 0. The Hall–Kier alpha value is -1.34. The molecule has 0 unspecified atom stereocenters. The SMILES string of the molecule is CC1(C)OC[C@@H](O)[C@H](N2CCN(Cc3ccccc3O)CCN([C@@H]3COC(C)(C)OC[C@H]3O)CC2)CO1. The number of benzene rings is 1. The van der Waals surface area contributed by atoms with Gasteiger partial charge in [0.05, 0.1) is 50.7 Å². The van der Waals surface area contributed by atoms with Crippen molar-refractivity contribution >= 4 is 0 Å². The fourth-order valence-electron chi connectivity index (χ4n) is 5.21. The lowest BCUT2D eigenvalue weighted by atomic mass is 10.1. The lowest BCUT2D eigenvalue weighted by Crippen LogP contribution is -2.53. The third kappa shape index (κ3) is 7.84. The number of phenolic OH excluding ortho intramolecular Hbond substituents is 1. The standard InChI is InChI=1S/C27H45N3O7/c1-26(2)34-16-21(24(32)18-36-26)29-11-9-28(15-20-7-5-6-8-23(20)31)10-12-30(14-13-29)22-17-35-27(3,4)37-19-25(22)33/h5-8,21-22,24-25,31-33H,9-19H2,1-4H3/t21-,22-,24-,25-/m1/s1. The van der Waals surface area contributed by atoms with Crippen LogP contribution in [-0.4, -0.2) is 132 Å². The molecule has 0 spiro atoms. The van der Waals surface area contributed by atoms with Gasteiger partial charge in [-0.3, -0.25) is 14.7 Å². The Bertz CT molecular complexity index is 824. The molecule has 210 valence electrons. The van der Waals surface area contributed by atoms with Crippen molar-refractivity contribution < 1.29 is 34.3 Å². The molecule has 10 heteroatoms. The van der Waals surface area contributed by atoms with Crippen LogP contribution in [0.25, 0.3) is 0 Å². The first kappa shape index (κ1) is 28.7. The second kappa shape index (κ2) is 12.2. The minimum Gasteiger partial charge on any atom is -0.508 e. The molecule has 0 aliphatic carbocycles. The summed E-state index contributed by atoms with van der Waals surface area (Å²) in [5.41, 5.74) is 0.876. The molecule has 0 radical (unpaired) electrons. The number of aliphatic hydroxyl groups excluding tert-OH is 2. The molecule has 3 fully saturated rings. The number of aliphatic hydroxyl groups is 2. The largest absolute Gasteiger partial charge is 0.508 e. The van der Waals surface area contributed by atoms with E-state index in [0.29, 0.717) is 32.8 Å². The van der Waals surface area contributed by atoms with E-state index in [4.69, 9.17) is 18.9 Å². The van der Waals surface area contributed by atoms with Crippen molar-refractivity contribution in [1.29, 1.82) is 0 Å². The van der Waals surface area contributed by atoms with Crippen LogP contribution in [0.1, 0.15) is 33.3 Å². The highest BCUT2D eigenvalue weighted by molar-refractivity contribution is 5.31. The molecule has 3 heterocycles. The lowest BCUT2D eigenvalue weighted by molar-refractivity contribution is -0.205. The van der Waals surface area contributed by atoms with Crippen LogP contribution in [0.4, 0.5) is 0 Å². The van der Waals surface area contributed by atoms with Crippen molar-refractivity contribution in [3.63, 3.8) is 0 Å². The number of hydrogen-bond acceptors (Lipinski definition) is 10. The van der Waals surface area contributed by atoms with Crippen LogP contribution < -0.4 is 0 Å². The molecule has 1 aromatic carbocycles. The number of hydrogen-bond donors (Lipinski definition) is 3. The molecule has 3 aliphatic rings. The fraction of sp³-hybridized carbons (Fsp3) is 0.778. The predicted octanol–water partition coefficient (Wildman–Crippen LogP) is 0.837. The Kier molecular flexibility index (Phi) is 9.48. The highest BCUT2D eigenvalue weighted by atomic mass is 16.7. The summed E-state index contributed by atoms with van der Waals surface area (Å²) in [6, 6.07) is 6.99. The second-order valence-corrected chi connectivity index (χ2v) is 11.3. The summed E-state index contributed by atoms with van der Waals surface area (Å²) in [4.78, 5) is 6.86. The monoisotopic (exact) mass is 523 g/mol. The van der Waals surface area contributed by atoms with Crippen molar-refractivity contribution in [1.82, 2.24) is 14.7 Å². The van der Waals surface area contributed by atoms with Gasteiger partial charge in [0.1, 0.15) is 5.75 Å². The summed E-state index contributed by atoms with van der Waals surface area (Å²) in [7, 11) is 0. The summed E-state index contributed by atoms with van der Waals surface area (Å²) in [5.74, 6) is -1.20. The number of nitrogens with zero attached hydrogens (tertiary/aromatic N) is 3. The molecule has 4 atom stereocenters. The third-order valence-electron chi connectivity index (χ3n) is 7.70. The molecule has 0 saturated carbocycles. The Morgan fingerprint density at radius 1 is 0.703 bits per heavy atom. The molecule has 10 nitrogen and oxygen atoms in total. The lowest BCUT2D eigenvalue weighted by Gasteiger charge is -2.36. The van der Waals surface area contributed by atoms with Crippen molar-refractivity contribution in [3.05, 3.63) is 29.8 Å². The average molecular weight is 524 g/mol. The third-order valence-corrected chi connectivity index (χ3v) is 7.70. The number of aromatic hydroxyl groups is 1. The van der Waals surface area contributed by atoms with E-state index >= 15 is 0 Å². The molecule has 1 aromatic rings. The predicted molar refractivity (Wildman–Crippen MR) is 138 cm³/mol. The summed E-state index contributed by atoms with van der Waals surface area (Å²) in [5, 5.41) is 32.3. The maximum atomic E-state index is 11.0. The smallest absolute Gasteiger partial charge is 0.162 e. The van der Waals surface area contributed by atoms with Crippen molar-refractivity contribution in [2.45, 2.75) is 70.1 Å². The summed E-state index contributed by atoms with van der Waals surface area (Å²) < 4.78 is 23.6. The van der Waals surface area contributed by atoms with Gasteiger partial charge in [-0.1, -0.05) is 18.2 Å². The molecule has 0 bridgehead atoms. The van der Waals surface area contributed by atoms with Gasteiger partial charge in [-0.05, 0) is 33.8 Å². The van der Waals surface area contributed by atoms with Crippen LogP contribution in [0.3, 0.4) is 0 Å². The molecule has 3 saturated heterocycles. The minimum absolute atomic E-state index is 0.209. The molecule has 37 heavy (non-hydrogen) atoms. The van der Waals surface area contributed by atoms with Crippen molar-refractivity contribution in [2.75, 3.05) is 65.7 Å². The fourth-order valence-corrected chi connectivity index (χ4v) is 5.21. The van der Waals surface area contributed by atoms with Gasteiger partial charge in [0.2, 0.25) is 0 Å². The van der Waals surface area contributed by atoms with E-state index in [-0.39, 0.29) is 31.0 Å².